The first-order valence-electron chi connectivity index (χ1n) is 4.93. The molecule has 1 aliphatic rings. The molecule has 1 N–H and O–H groups in total. The fraction of sp³-hybridized carbons (Fsp3) is 0.900. The zero-order chi connectivity index (χ0) is 8.97. The second kappa shape index (κ2) is 4.61. The third-order valence-corrected chi connectivity index (χ3v) is 2.59. The Morgan fingerprint density at radius 3 is 2.50 bits per heavy atom. The van der Waals surface area contributed by atoms with Crippen LogP contribution in [0.5, 0.6) is 0 Å². The Balaban J connectivity index is 2.24. The lowest BCUT2D eigenvalue weighted by Gasteiger charge is -2.22. The van der Waals surface area contributed by atoms with E-state index in [0.29, 0.717) is 11.7 Å². The van der Waals surface area contributed by atoms with Crippen molar-refractivity contribution in [1.82, 2.24) is 5.32 Å². The fourth-order valence-electron chi connectivity index (χ4n) is 1.61. The largest absolute Gasteiger partial charge is 0.317 e. The molecule has 0 saturated carbocycles. The van der Waals surface area contributed by atoms with Crippen LogP contribution in [0.25, 0.3) is 0 Å². The zero-order valence-electron chi connectivity index (χ0n) is 8.10. The van der Waals surface area contributed by atoms with Crippen LogP contribution in [0.3, 0.4) is 0 Å². The molecule has 2 heteroatoms. The summed E-state index contributed by atoms with van der Waals surface area (Å²) in [6.07, 6.45) is 3.16. The van der Waals surface area contributed by atoms with Crippen LogP contribution < -0.4 is 5.32 Å². The van der Waals surface area contributed by atoms with E-state index in [4.69, 9.17) is 0 Å². The minimum atomic E-state index is 0.222. The smallest absolute Gasteiger partial charge is 0.135 e. The number of piperidine rings is 1. The molecule has 1 saturated heterocycles. The Hall–Kier alpha value is -0.370. The summed E-state index contributed by atoms with van der Waals surface area (Å²) in [6.45, 7) is 6.17. The van der Waals surface area contributed by atoms with E-state index in [9.17, 15) is 4.79 Å². The molecule has 0 spiro atoms. The van der Waals surface area contributed by atoms with Gasteiger partial charge in [-0.15, -0.1) is 0 Å². The molecule has 0 aromatic carbocycles. The number of rotatable bonds is 3. The molecule has 70 valence electrons. The lowest BCUT2D eigenvalue weighted by atomic mass is 9.90. The van der Waals surface area contributed by atoms with Gasteiger partial charge in [0.15, 0.2) is 0 Å². The number of Topliss-reactive ketones (excluding diaryl/α,β-unsaturated/α-hetero) is 1. The van der Waals surface area contributed by atoms with Gasteiger partial charge >= 0.3 is 0 Å². The molecule has 0 radical (unpaired) electrons. The molecule has 1 aliphatic heterocycles. The highest BCUT2D eigenvalue weighted by molar-refractivity contribution is 5.80. The zero-order valence-corrected chi connectivity index (χ0v) is 8.10. The molecule has 1 rings (SSSR count). The molecular weight excluding hydrogens is 150 g/mol. The minimum Gasteiger partial charge on any atom is -0.317 e. The number of nitrogens with one attached hydrogen (secondary N) is 1. The van der Waals surface area contributed by atoms with Crippen LogP contribution in [0.15, 0.2) is 0 Å². The van der Waals surface area contributed by atoms with E-state index in [1.807, 2.05) is 13.8 Å². The number of carbonyl (C=O) groups is 1. The Morgan fingerprint density at radius 2 is 2.00 bits per heavy atom. The first-order chi connectivity index (χ1) is 5.70. The highest BCUT2D eigenvalue weighted by atomic mass is 16.1. The van der Waals surface area contributed by atoms with Crippen LogP contribution in [0.4, 0.5) is 0 Å². The van der Waals surface area contributed by atoms with Crippen LogP contribution >= 0.6 is 0 Å². The first-order valence-corrected chi connectivity index (χ1v) is 4.93. The van der Waals surface area contributed by atoms with Crippen molar-refractivity contribution < 1.29 is 4.79 Å². The number of hydrogen-bond donors (Lipinski definition) is 1. The summed E-state index contributed by atoms with van der Waals surface area (Å²) in [5, 5.41) is 3.31. The maximum atomic E-state index is 11.4. The van der Waals surface area contributed by atoms with Crippen molar-refractivity contribution in [3.8, 4) is 0 Å². The van der Waals surface area contributed by atoms with Crippen molar-refractivity contribution in [3.63, 3.8) is 0 Å². The summed E-state index contributed by atoms with van der Waals surface area (Å²) in [7, 11) is 0. The van der Waals surface area contributed by atoms with Crippen molar-refractivity contribution in [2.24, 2.45) is 11.8 Å². The molecule has 1 fully saturated rings. The number of hydrogen-bond acceptors (Lipinski definition) is 2. The quantitative estimate of drug-likeness (QED) is 0.695. The molecular formula is C10H19NO. The van der Waals surface area contributed by atoms with Gasteiger partial charge in [0, 0.05) is 12.3 Å². The van der Waals surface area contributed by atoms with E-state index >= 15 is 0 Å². The average Bonchev–Trinajstić information content (AvgIpc) is 2.06. The Morgan fingerprint density at radius 1 is 1.42 bits per heavy atom. The van der Waals surface area contributed by atoms with Crippen molar-refractivity contribution in [2.75, 3.05) is 13.1 Å². The van der Waals surface area contributed by atoms with E-state index in [1.165, 1.54) is 12.8 Å². The van der Waals surface area contributed by atoms with Crippen LogP contribution in [-0.2, 0) is 4.79 Å². The molecule has 0 atom stereocenters. The lowest BCUT2D eigenvalue weighted by molar-refractivity contribution is -0.123. The fourth-order valence-corrected chi connectivity index (χ4v) is 1.61. The van der Waals surface area contributed by atoms with E-state index in [2.05, 4.69) is 5.32 Å². The predicted octanol–water partition coefficient (Wildman–Crippen LogP) is 1.60. The van der Waals surface area contributed by atoms with Gasteiger partial charge in [0.05, 0.1) is 0 Å². The van der Waals surface area contributed by atoms with Crippen LogP contribution in [0.1, 0.15) is 33.1 Å². The third kappa shape index (κ3) is 2.94. The molecule has 0 unspecified atom stereocenters. The molecule has 0 bridgehead atoms. The normalized spacial score (nSPS) is 19.9. The molecule has 0 aromatic heterocycles. The second-order valence-electron chi connectivity index (χ2n) is 4.02. The van der Waals surface area contributed by atoms with Gasteiger partial charge in [-0.1, -0.05) is 13.8 Å². The highest BCUT2D eigenvalue weighted by Gasteiger charge is 2.17. The summed E-state index contributed by atoms with van der Waals surface area (Å²) in [5.74, 6) is 1.31. The summed E-state index contributed by atoms with van der Waals surface area (Å²) in [6, 6.07) is 0. The Bertz CT molecular complexity index is 148. The standard InChI is InChI=1S/C10H19NO/c1-8(2)10(12)7-9-3-5-11-6-4-9/h8-9,11H,3-7H2,1-2H3. The maximum Gasteiger partial charge on any atom is 0.135 e. The van der Waals surface area contributed by atoms with Gasteiger partial charge < -0.3 is 5.32 Å². The molecule has 12 heavy (non-hydrogen) atoms. The lowest BCUT2D eigenvalue weighted by Crippen LogP contribution is -2.29. The van der Waals surface area contributed by atoms with Gasteiger partial charge in [-0.2, -0.15) is 0 Å². The van der Waals surface area contributed by atoms with Crippen molar-refractivity contribution in [3.05, 3.63) is 0 Å². The summed E-state index contributed by atoms with van der Waals surface area (Å²) >= 11 is 0. The summed E-state index contributed by atoms with van der Waals surface area (Å²) < 4.78 is 0. The highest BCUT2D eigenvalue weighted by Crippen LogP contribution is 2.17. The SMILES string of the molecule is CC(C)C(=O)CC1CCNCC1. The van der Waals surface area contributed by atoms with Gasteiger partial charge in [0.1, 0.15) is 5.78 Å². The van der Waals surface area contributed by atoms with Crippen molar-refractivity contribution in [2.45, 2.75) is 33.1 Å². The van der Waals surface area contributed by atoms with Gasteiger partial charge in [-0.05, 0) is 31.8 Å². The second-order valence-corrected chi connectivity index (χ2v) is 4.02. The van der Waals surface area contributed by atoms with E-state index in [0.717, 1.165) is 19.5 Å². The molecule has 1 heterocycles. The van der Waals surface area contributed by atoms with Crippen molar-refractivity contribution in [1.29, 1.82) is 0 Å². The third-order valence-electron chi connectivity index (χ3n) is 2.59. The topological polar surface area (TPSA) is 29.1 Å². The first kappa shape index (κ1) is 9.72. The summed E-state index contributed by atoms with van der Waals surface area (Å²) in [4.78, 5) is 11.4. The van der Waals surface area contributed by atoms with Crippen LogP contribution in [-0.4, -0.2) is 18.9 Å². The predicted molar refractivity (Wildman–Crippen MR) is 50.1 cm³/mol. The Labute approximate surface area is 74.7 Å². The van der Waals surface area contributed by atoms with Crippen LogP contribution in [0, 0.1) is 11.8 Å². The Kier molecular flexibility index (Phi) is 3.73. The number of ketones is 1. The van der Waals surface area contributed by atoms with Gasteiger partial charge in [0.25, 0.3) is 0 Å². The molecule has 0 aliphatic carbocycles. The maximum absolute atomic E-state index is 11.4. The van der Waals surface area contributed by atoms with E-state index < -0.39 is 0 Å². The monoisotopic (exact) mass is 169 g/mol. The minimum absolute atomic E-state index is 0.222. The van der Waals surface area contributed by atoms with Gasteiger partial charge in [-0.25, -0.2) is 0 Å². The molecule has 0 amide bonds. The van der Waals surface area contributed by atoms with Crippen LogP contribution in [0.2, 0.25) is 0 Å². The summed E-state index contributed by atoms with van der Waals surface area (Å²) in [5.41, 5.74) is 0. The molecule has 2 nitrogen and oxygen atoms in total. The molecule has 0 aromatic rings. The van der Waals surface area contributed by atoms with Gasteiger partial charge in [0.2, 0.25) is 0 Å². The number of carbonyl (C=O) groups excluding carboxylic acids is 1. The van der Waals surface area contributed by atoms with Crippen molar-refractivity contribution >= 4 is 5.78 Å². The van der Waals surface area contributed by atoms with E-state index in [-0.39, 0.29) is 5.92 Å². The van der Waals surface area contributed by atoms with E-state index in [1.54, 1.807) is 0 Å². The average molecular weight is 169 g/mol. The van der Waals surface area contributed by atoms with Gasteiger partial charge in [-0.3, -0.25) is 4.79 Å².